The summed E-state index contributed by atoms with van der Waals surface area (Å²) in [4.78, 5) is 12.8. The van der Waals surface area contributed by atoms with Crippen LogP contribution in [0.15, 0.2) is 53.9 Å². The maximum Gasteiger partial charge on any atom is 0.247 e. The number of benzene rings is 2. The van der Waals surface area contributed by atoms with Gasteiger partial charge in [-0.3, -0.25) is 4.57 Å². The van der Waals surface area contributed by atoms with E-state index in [9.17, 15) is 15.3 Å². The molecule has 11 heteroatoms. The molecule has 4 atom stereocenters. The topological polar surface area (TPSA) is 164 Å². The molecule has 3 heterocycles. The van der Waals surface area contributed by atoms with Gasteiger partial charge in [0, 0.05) is 5.56 Å². The van der Waals surface area contributed by atoms with E-state index >= 15 is 0 Å². The summed E-state index contributed by atoms with van der Waals surface area (Å²) in [6, 6.07) is 13.9. The van der Waals surface area contributed by atoms with Gasteiger partial charge in [0.25, 0.3) is 0 Å². The number of ether oxygens (including phenoxy) is 1. The molecule has 1 saturated heterocycles. The molecule has 2 aromatic heterocycles. The van der Waals surface area contributed by atoms with Crippen LogP contribution >= 0.6 is 0 Å². The highest BCUT2D eigenvalue weighted by atomic mass is 16.6. The minimum Gasteiger partial charge on any atom is -0.394 e. The first-order chi connectivity index (χ1) is 15.6. The van der Waals surface area contributed by atoms with Gasteiger partial charge in [-0.2, -0.15) is 15.1 Å². The van der Waals surface area contributed by atoms with Crippen LogP contribution in [0.4, 0.5) is 11.8 Å². The molecule has 0 spiro atoms. The SMILES string of the molecule is Nc1nc(N/N=C/c2cccc3ccccc23)nc2c1ncn2C1OC(CO)C(O)C1O. The van der Waals surface area contributed by atoms with Crippen molar-refractivity contribution in [3.63, 3.8) is 0 Å². The number of nitrogen functional groups attached to an aromatic ring is 1. The molecule has 32 heavy (non-hydrogen) atoms. The van der Waals surface area contributed by atoms with E-state index in [1.54, 1.807) is 6.21 Å². The Balaban J connectivity index is 1.44. The lowest BCUT2D eigenvalue weighted by atomic mass is 10.1. The number of nitrogens with zero attached hydrogens (tertiary/aromatic N) is 5. The van der Waals surface area contributed by atoms with Crippen LogP contribution < -0.4 is 11.2 Å². The summed E-state index contributed by atoms with van der Waals surface area (Å²) < 4.78 is 7.01. The van der Waals surface area contributed by atoms with Gasteiger partial charge in [0.05, 0.1) is 19.1 Å². The molecule has 0 radical (unpaired) electrons. The standard InChI is InChI=1S/C21H21N7O4/c22-18-15-19(28(10-23-15)20-17(31)16(30)14(9-29)32-20)26-21(25-18)27-24-8-12-6-3-5-11-4-1-2-7-13(11)12/h1-8,10,14,16-17,20,29-31H,9H2,(H3,22,25,26,27)/b24-8+. The number of aliphatic hydroxyl groups is 3. The third-order valence-electron chi connectivity index (χ3n) is 5.43. The number of hydrazone groups is 1. The molecule has 0 bridgehead atoms. The zero-order valence-corrected chi connectivity index (χ0v) is 16.8. The Morgan fingerprint density at radius 3 is 2.75 bits per heavy atom. The lowest BCUT2D eigenvalue weighted by Gasteiger charge is -2.16. The van der Waals surface area contributed by atoms with Crippen LogP contribution in [-0.2, 0) is 4.74 Å². The largest absolute Gasteiger partial charge is 0.394 e. The zero-order chi connectivity index (χ0) is 22.2. The maximum absolute atomic E-state index is 10.3. The van der Waals surface area contributed by atoms with Gasteiger partial charge in [0.15, 0.2) is 17.7 Å². The third kappa shape index (κ3) is 3.42. The fourth-order valence-electron chi connectivity index (χ4n) is 3.81. The van der Waals surface area contributed by atoms with Gasteiger partial charge in [-0.15, -0.1) is 0 Å². The fourth-order valence-corrected chi connectivity index (χ4v) is 3.81. The number of nitrogens with one attached hydrogen (secondary N) is 1. The normalized spacial score (nSPS) is 23.5. The van der Waals surface area contributed by atoms with E-state index in [-0.39, 0.29) is 17.4 Å². The van der Waals surface area contributed by atoms with Crippen LogP contribution in [-0.4, -0.2) is 66.0 Å². The highest BCUT2D eigenvalue weighted by Gasteiger charge is 2.44. The van der Waals surface area contributed by atoms with Crippen molar-refractivity contribution < 1.29 is 20.1 Å². The average molecular weight is 435 g/mol. The maximum atomic E-state index is 10.3. The first-order valence-corrected chi connectivity index (χ1v) is 9.96. The van der Waals surface area contributed by atoms with Crippen LogP contribution in [0.1, 0.15) is 11.8 Å². The zero-order valence-electron chi connectivity index (χ0n) is 16.8. The average Bonchev–Trinajstić information content (AvgIpc) is 3.35. The van der Waals surface area contributed by atoms with E-state index in [0.29, 0.717) is 5.52 Å². The number of rotatable bonds is 5. The molecule has 5 rings (SSSR count). The van der Waals surface area contributed by atoms with Crippen molar-refractivity contribution in [2.24, 2.45) is 5.10 Å². The van der Waals surface area contributed by atoms with Gasteiger partial charge in [-0.1, -0.05) is 42.5 Å². The van der Waals surface area contributed by atoms with Gasteiger partial charge < -0.3 is 25.8 Å². The number of fused-ring (bicyclic) bond motifs is 2. The summed E-state index contributed by atoms with van der Waals surface area (Å²) in [5, 5.41) is 36.1. The molecule has 4 aromatic rings. The van der Waals surface area contributed by atoms with E-state index in [1.807, 2.05) is 42.5 Å². The molecule has 6 N–H and O–H groups in total. The van der Waals surface area contributed by atoms with Crippen LogP contribution in [0.5, 0.6) is 0 Å². The second-order valence-electron chi connectivity index (χ2n) is 7.42. The van der Waals surface area contributed by atoms with Crippen molar-refractivity contribution in [1.29, 1.82) is 0 Å². The molecule has 0 aliphatic carbocycles. The molecule has 0 amide bonds. The number of nitrogens with two attached hydrogens (primary N) is 1. The van der Waals surface area contributed by atoms with E-state index in [1.165, 1.54) is 10.9 Å². The summed E-state index contributed by atoms with van der Waals surface area (Å²) >= 11 is 0. The van der Waals surface area contributed by atoms with E-state index < -0.39 is 31.1 Å². The molecule has 164 valence electrons. The van der Waals surface area contributed by atoms with Gasteiger partial charge in [0.2, 0.25) is 5.95 Å². The Labute approximate surface area is 181 Å². The quantitative estimate of drug-likeness (QED) is 0.223. The molecule has 1 aliphatic heterocycles. The summed E-state index contributed by atoms with van der Waals surface area (Å²) in [6.07, 6.45) is -1.39. The summed E-state index contributed by atoms with van der Waals surface area (Å²) in [6.45, 7) is -0.436. The number of aliphatic hydroxyl groups excluding tert-OH is 3. The molecule has 11 nitrogen and oxygen atoms in total. The molecule has 1 fully saturated rings. The van der Waals surface area contributed by atoms with Gasteiger partial charge in [-0.25, -0.2) is 10.4 Å². The number of hydrogen-bond acceptors (Lipinski definition) is 10. The van der Waals surface area contributed by atoms with E-state index in [4.69, 9.17) is 10.5 Å². The minimum atomic E-state index is -1.28. The van der Waals surface area contributed by atoms with Crippen molar-refractivity contribution >= 4 is 39.9 Å². The number of anilines is 2. The van der Waals surface area contributed by atoms with Crippen molar-refractivity contribution in [3.8, 4) is 0 Å². The Hall–Kier alpha value is -3.64. The summed E-state index contributed by atoms with van der Waals surface area (Å²) in [5.74, 6) is 0.239. The van der Waals surface area contributed by atoms with Crippen LogP contribution in [0.3, 0.4) is 0 Å². The van der Waals surface area contributed by atoms with E-state index in [0.717, 1.165) is 16.3 Å². The number of imidazole rings is 1. The van der Waals surface area contributed by atoms with Crippen LogP contribution in [0.2, 0.25) is 0 Å². The molecular weight excluding hydrogens is 414 g/mol. The summed E-state index contributed by atoms with van der Waals surface area (Å²) in [7, 11) is 0. The molecule has 1 aliphatic rings. The van der Waals surface area contributed by atoms with Gasteiger partial charge >= 0.3 is 0 Å². The van der Waals surface area contributed by atoms with Crippen molar-refractivity contribution in [1.82, 2.24) is 19.5 Å². The lowest BCUT2D eigenvalue weighted by Crippen LogP contribution is -2.33. The second kappa shape index (κ2) is 8.13. The van der Waals surface area contributed by atoms with Gasteiger partial charge in [-0.05, 0) is 10.8 Å². The second-order valence-corrected chi connectivity index (χ2v) is 7.42. The fraction of sp³-hybridized carbons (Fsp3) is 0.238. The number of hydrogen-bond donors (Lipinski definition) is 5. The minimum absolute atomic E-state index is 0.114. The monoisotopic (exact) mass is 435 g/mol. The van der Waals surface area contributed by atoms with E-state index in [2.05, 4.69) is 25.5 Å². The first-order valence-electron chi connectivity index (χ1n) is 9.96. The highest BCUT2D eigenvalue weighted by molar-refractivity contribution is 5.99. The van der Waals surface area contributed by atoms with Crippen molar-refractivity contribution in [2.45, 2.75) is 24.5 Å². The smallest absolute Gasteiger partial charge is 0.247 e. The third-order valence-corrected chi connectivity index (χ3v) is 5.43. The van der Waals surface area contributed by atoms with Crippen molar-refractivity contribution in [2.75, 3.05) is 17.8 Å². The van der Waals surface area contributed by atoms with Crippen LogP contribution in [0.25, 0.3) is 21.9 Å². The van der Waals surface area contributed by atoms with Crippen LogP contribution in [0, 0.1) is 0 Å². The predicted molar refractivity (Wildman–Crippen MR) is 118 cm³/mol. The molecule has 2 aromatic carbocycles. The molecular formula is C21H21N7O4. The summed E-state index contributed by atoms with van der Waals surface area (Å²) in [5.41, 5.74) is 10.3. The number of aromatic nitrogens is 4. The first kappa shape index (κ1) is 20.3. The van der Waals surface area contributed by atoms with Crippen molar-refractivity contribution in [3.05, 3.63) is 54.4 Å². The Kier molecular flexibility index (Phi) is 5.15. The Morgan fingerprint density at radius 1 is 1.12 bits per heavy atom. The highest BCUT2D eigenvalue weighted by Crippen LogP contribution is 2.32. The Morgan fingerprint density at radius 2 is 1.94 bits per heavy atom. The predicted octanol–water partition coefficient (Wildman–Crippen LogP) is 0.619. The van der Waals surface area contributed by atoms with Gasteiger partial charge in [0.1, 0.15) is 23.8 Å². The molecule has 0 saturated carbocycles. The molecule has 4 unspecified atom stereocenters. The lowest BCUT2D eigenvalue weighted by molar-refractivity contribution is -0.0511. The Bertz CT molecular complexity index is 1300.